The number of fused-ring (bicyclic) bond motifs is 1. The average molecular weight is 302 g/mol. The van der Waals surface area contributed by atoms with Gasteiger partial charge in [-0.25, -0.2) is 4.79 Å². The second kappa shape index (κ2) is 5.36. The van der Waals surface area contributed by atoms with E-state index in [1.165, 1.54) is 6.07 Å². The van der Waals surface area contributed by atoms with Crippen molar-refractivity contribution in [3.8, 4) is 5.75 Å². The largest absolute Gasteiger partial charge is 0.493 e. The lowest BCUT2D eigenvalue weighted by molar-refractivity contribution is 0.0696. The number of carbonyl (C=O) groups is 2. The first-order valence-electron chi connectivity index (χ1n) is 7.33. The van der Waals surface area contributed by atoms with Crippen LogP contribution in [0.3, 0.4) is 0 Å². The Morgan fingerprint density at radius 2 is 2.14 bits per heavy atom. The molecule has 0 bridgehead atoms. The third-order valence-corrected chi connectivity index (χ3v) is 3.86. The Morgan fingerprint density at radius 1 is 1.41 bits per heavy atom. The van der Waals surface area contributed by atoms with Gasteiger partial charge >= 0.3 is 5.97 Å². The summed E-state index contributed by atoms with van der Waals surface area (Å²) in [5.41, 5.74) is 1.42. The Morgan fingerprint density at radius 3 is 2.68 bits per heavy atom. The van der Waals surface area contributed by atoms with Crippen LogP contribution in [-0.2, 0) is 0 Å². The van der Waals surface area contributed by atoms with E-state index in [1.807, 2.05) is 11.5 Å². The van der Waals surface area contributed by atoms with Crippen LogP contribution in [0.5, 0.6) is 5.75 Å². The van der Waals surface area contributed by atoms with E-state index in [1.54, 1.807) is 19.3 Å². The summed E-state index contributed by atoms with van der Waals surface area (Å²) in [6, 6.07) is 3.43. The van der Waals surface area contributed by atoms with Crippen LogP contribution < -0.4 is 10.1 Å². The molecule has 1 heterocycles. The third-order valence-electron chi connectivity index (χ3n) is 3.86. The summed E-state index contributed by atoms with van der Waals surface area (Å²) < 4.78 is 7.60. The summed E-state index contributed by atoms with van der Waals surface area (Å²) in [6.07, 6.45) is 3.88. The van der Waals surface area contributed by atoms with Crippen LogP contribution in [0.4, 0.5) is 0 Å². The number of carboxylic acid groups (broad SMARTS) is 1. The maximum atomic E-state index is 12.2. The molecule has 1 aromatic carbocycles. The van der Waals surface area contributed by atoms with E-state index in [2.05, 4.69) is 5.32 Å². The minimum Gasteiger partial charge on any atom is -0.493 e. The van der Waals surface area contributed by atoms with E-state index < -0.39 is 5.97 Å². The van der Waals surface area contributed by atoms with Crippen LogP contribution >= 0.6 is 0 Å². The number of amides is 1. The van der Waals surface area contributed by atoms with Gasteiger partial charge in [0.15, 0.2) is 0 Å². The zero-order valence-corrected chi connectivity index (χ0v) is 12.5. The van der Waals surface area contributed by atoms with Gasteiger partial charge in [-0.15, -0.1) is 0 Å². The molecule has 0 radical (unpaired) electrons. The molecule has 1 aliphatic carbocycles. The fraction of sp³-hybridized carbons (Fsp3) is 0.375. The number of carbonyl (C=O) groups excluding carboxylic acids is 1. The molecule has 0 unspecified atom stereocenters. The quantitative estimate of drug-likeness (QED) is 0.889. The van der Waals surface area contributed by atoms with E-state index in [0.717, 1.165) is 18.4 Å². The van der Waals surface area contributed by atoms with Gasteiger partial charge in [0.2, 0.25) is 0 Å². The molecular formula is C16H18N2O4. The second-order valence-electron chi connectivity index (χ2n) is 5.37. The fourth-order valence-electron chi connectivity index (χ4n) is 2.70. The van der Waals surface area contributed by atoms with E-state index in [9.17, 15) is 14.7 Å². The smallest absolute Gasteiger partial charge is 0.335 e. The Balaban J connectivity index is 2.32. The molecule has 1 saturated carbocycles. The number of nitrogens with one attached hydrogen (secondary N) is 1. The van der Waals surface area contributed by atoms with Crippen molar-refractivity contribution in [3.63, 3.8) is 0 Å². The zero-order chi connectivity index (χ0) is 15.9. The summed E-state index contributed by atoms with van der Waals surface area (Å²) >= 11 is 0. The topological polar surface area (TPSA) is 80.6 Å². The van der Waals surface area contributed by atoms with Crippen LogP contribution in [0.2, 0.25) is 0 Å². The number of rotatable bonds is 5. The van der Waals surface area contributed by atoms with Crippen molar-refractivity contribution < 1.29 is 19.4 Å². The molecule has 0 spiro atoms. The maximum Gasteiger partial charge on any atom is 0.335 e. The first-order chi connectivity index (χ1) is 10.6. The molecule has 1 amide bonds. The number of carboxylic acids is 1. The first kappa shape index (κ1) is 14.4. The Labute approximate surface area is 127 Å². The van der Waals surface area contributed by atoms with Crippen LogP contribution in [0, 0.1) is 0 Å². The fourth-order valence-corrected chi connectivity index (χ4v) is 2.70. The van der Waals surface area contributed by atoms with Gasteiger partial charge in [0, 0.05) is 19.3 Å². The molecular weight excluding hydrogens is 284 g/mol. The molecule has 1 aliphatic rings. The molecule has 116 valence electrons. The highest BCUT2D eigenvalue weighted by molar-refractivity contribution is 6.10. The van der Waals surface area contributed by atoms with E-state index in [4.69, 9.17) is 4.74 Å². The average Bonchev–Trinajstić information content (AvgIpc) is 3.27. The lowest BCUT2D eigenvalue weighted by Crippen LogP contribution is -2.17. The number of nitrogens with zero attached hydrogens (tertiary/aromatic N) is 1. The van der Waals surface area contributed by atoms with Crippen molar-refractivity contribution in [2.45, 2.75) is 25.8 Å². The predicted molar refractivity (Wildman–Crippen MR) is 81.7 cm³/mol. The Hall–Kier alpha value is -2.50. The monoisotopic (exact) mass is 302 g/mol. The SMILES string of the molecule is CCOc1cc(C(=O)O)cc2c1c(C(=O)NC)cn2C1CC1. The van der Waals surface area contributed by atoms with Gasteiger partial charge in [-0.05, 0) is 31.9 Å². The zero-order valence-electron chi connectivity index (χ0n) is 12.5. The molecule has 6 nitrogen and oxygen atoms in total. The molecule has 0 aliphatic heterocycles. The van der Waals surface area contributed by atoms with E-state index in [-0.39, 0.29) is 11.5 Å². The molecule has 6 heteroatoms. The third kappa shape index (κ3) is 2.30. The van der Waals surface area contributed by atoms with Crippen molar-refractivity contribution in [1.29, 1.82) is 0 Å². The number of aromatic carboxylic acids is 1. The van der Waals surface area contributed by atoms with Gasteiger partial charge < -0.3 is 19.7 Å². The number of hydrogen-bond donors (Lipinski definition) is 2. The van der Waals surface area contributed by atoms with Crippen LogP contribution in [0.25, 0.3) is 10.9 Å². The second-order valence-corrected chi connectivity index (χ2v) is 5.37. The predicted octanol–water partition coefficient (Wildman–Crippen LogP) is 2.43. The normalized spacial score (nSPS) is 14.1. The van der Waals surface area contributed by atoms with Crippen LogP contribution in [0.1, 0.15) is 46.5 Å². The van der Waals surface area contributed by atoms with E-state index in [0.29, 0.717) is 29.3 Å². The van der Waals surface area contributed by atoms with Crippen LogP contribution in [0.15, 0.2) is 18.3 Å². The molecule has 2 aromatic rings. The van der Waals surface area contributed by atoms with Gasteiger partial charge in [0.05, 0.1) is 28.6 Å². The van der Waals surface area contributed by atoms with Gasteiger partial charge in [-0.2, -0.15) is 0 Å². The molecule has 1 aromatic heterocycles. The van der Waals surface area contributed by atoms with Gasteiger partial charge in [0.25, 0.3) is 5.91 Å². The summed E-state index contributed by atoms with van der Waals surface area (Å²) in [4.78, 5) is 23.5. The molecule has 22 heavy (non-hydrogen) atoms. The van der Waals surface area contributed by atoms with E-state index >= 15 is 0 Å². The lowest BCUT2D eigenvalue weighted by atomic mass is 10.1. The number of ether oxygens (including phenoxy) is 1. The highest BCUT2D eigenvalue weighted by Crippen LogP contribution is 2.41. The van der Waals surface area contributed by atoms with Crippen molar-refractivity contribution in [1.82, 2.24) is 9.88 Å². The van der Waals surface area contributed by atoms with Gasteiger partial charge in [0.1, 0.15) is 5.75 Å². The maximum absolute atomic E-state index is 12.2. The minimum atomic E-state index is -1.01. The van der Waals surface area contributed by atoms with Gasteiger partial charge in [-0.3, -0.25) is 4.79 Å². The highest BCUT2D eigenvalue weighted by atomic mass is 16.5. The highest BCUT2D eigenvalue weighted by Gasteiger charge is 2.29. The van der Waals surface area contributed by atoms with Crippen molar-refractivity contribution in [2.75, 3.05) is 13.7 Å². The van der Waals surface area contributed by atoms with Crippen molar-refractivity contribution in [3.05, 3.63) is 29.5 Å². The molecule has 0 saturated heterocycles. The summed E-state index contributed by atoms with van der Waals surface area (Å²) in [7, 11) is 1.58. The summed E-state index contributed by atoms with van der Waals surface area (Å²) in [5.74, 6) is -0.767. The number of hydrogen-bond acceptors (Lipinski definition) is 3. The Bertz CT molecular complexity index is 759. The summed E-state index contributed by atoms with van der Waals surface area (Å²) in [6.45, 7) is 2.23. The standard InChI is InChI=1S/C16H18N2O4/c1-3-22-13-7-9(16(20)21)6-12-14(13)11(15(19)17-2)8-18(12)10-4-5-10/h6-8,10H,3-5H2,1-2H3,(H,17,19)(H,20,21). The molecule has 1 fully saturated rings. The molecule has 0 atom stereocenters. The Kier molecular flexibility index (Phi) is 3.52. The van der Waals surface area contributed by atoms with Crippen LogP contribution in [-0.4, -0.2) is 35.2 Å². The lowest BCUT2D eigenvalue weighted by Gasteiger charge is -2.09. The first-order valence-corrected chi connectivity index (χ1v) is 7.33. The molecule has 3 rings (SSSR count). The molecule has 2 N–H and O–H groups in total. The number of aromatic nitrogens is 1. The minimum absolute atomic E-state index is 0.166. The van der Waals surface area contributed by atoms with Gasteiger partial charge in [-0.1, -0.05) is 0 Å². The summed E-state index contributed by atoms with van der Waals surface area (Å²) in [5, 5.41) is 12.6. The van der Waals surface area contributed by atoms with Crippen molar-refractivity contribution in [2.24, 2.45) is 0 Å². The number of benzene rings is 1. The van der Waals surface area contributed by atoms with Crippen molar-refractivity contribution >= 4 is 22.8 Å².